The van der Waals surface area contributed by atoms with E-state index >= 15 is 0 Å². The van der Waals surface area contributed by atoms with E-state index in [9.17, 15) is 8.42 Å². The summed E-state index contributed by atoms with van der Waals surface area (Å²) in [6, 6.07) is 0. The Morgan fingerprint density at radius 2 is 2.25 bits per heavy atom. The molecule has 6 nitrogen and oxygen atoms in total. The first-order valence-electron chi connectivity index (χ1n) is 5.37. The summed E-state index contributed by atoms with van der Waals surface area (Å²) < 4.78 is 28.6. The van der Waals surface area contributed by atoms with Gasteiger partial charge in [-0.1, -0.05) is 11.6 Å². The van der Waals surface area contributed by atoms with Crippen molar-refractivity contribution in [1.29, 1.82) is 0 Å². The average Bonchev–Trinajstić information content (AvgIpc) is 2.66. The standard InChI is InChI=1S/C9H15N3O3S/c10-5-4-8-11-9(12-15-8)7-3-1-2-6-16(7,13)14/h7H,1-6,10H2. The quantitative estimate of drug-likeness (QED) is 0.817. The maximum Gasteiger partial charge on any atom is 0.227 e. The molecule has 1 unspecified atom stereocenters. The molecular weight excluding hydrogens is 230 g/mol. The van der Waals surface area contributed by atoms with E-state index in [0.717, 1.165) is 12.8 Å². The zero-order valence-electron chi connectivity index (χ0n) is 8.92. The molecule has 90 valence electrons. The summed E-state index contributed by atoms with van der Waals surface area (Å²) in [7, 11) is -3.09. The van der Waals surface area contributed by atoms with Gasteiger partial charge in [-0.3, -0.25) is 0 Å². The van der Waals surface area contributed by atoms with E-state index in [-0.39, 0.29) is 5.75 Å². The lowest BCUT2D eigenvalue weighted by Crippen LogP contribution is -2.22. The van der Waals surface area contributed by atoms with E-state index in [1.165, 1.54) is 0 Å². The molecular formula is C9H15N3O3S. The minimum absolute atomic E-state index is 0.221. The second-order valence-corrected chi connectivity index (χ2v) is 6.24. The molecule has 0 aliphatic carbocycles. The molecule has 2 rings (SSSR count). The van der Waals surface area contributed by atoms with Crippen molar-refractivity contribution in [1.82, 2.24) is 10.1 Å². The van der Waals surface area contributed by atoms with Crippen molar-refractivity contribution in [3.05, 3.63) is 11.7 Å². The van der Waals surface area contributed by atoms with E-state index in [1.807, 2.05) is 0 Å². The van der Waals surface area contributed by atoms with E-state index in [0.29, 0.717) is 31.1 Å². The van der Waals surface area contributed by atoms with Crippen LogP contribution in [0.1, 0.15) is 36.2 Å². The van der Waals surface area contributed by atoms with Crippen molar-refractivity contribution >= 4 is 9.84 Å². The largest absolute Gasteiger partial charge is 0.339 e. The van der Waals surface area contributed by atoms with Crippen molar-refractivity contribution < 1.29 is 12.9 Å². The topological polar surface area (TPSA) is 99.1 Å². The summed E-state index contributed by atoms with van der Waals surface area (Å²) in [4.78, 5) is 4.08. The molecule has 0 aromatic carbocycles. The SMILES string of the molecule is NCCc1nc(C2CCCCS2(=O)=O)no1. The van der Waals surface area contributed by atoms with Crippen LogP contribution in [0.25, 0.3) is 0 Å². The van der Waals surface area contributed by atoms with Gasteiger partial charge in [-0.05, 0) is 12.8 Å². The highest BCUT2D eigenvalue weighted by molar-refractivity contribution is 7.91. The van der Waals surface area contributed by atoms with Gasteiger partial charge in [-0.25, -0.2) is 8.42 Å². The third-order valence-electron chi connectivity index (χ3n) is 2.71. The highest BCUT2D eigenvalue weighted by Gasteiger charge is 2.33. The van der Waals surface area contributed by atoms with Crippen LogP contribution in [0.4, 0.5) is 0 Å². The maximum atomic E-state index is 11.8. The molecule has 2 heterocycles. The minimum atomic E-state index is -3.09. The third-order valence-corrected chi connectivity index (χ3v) is 4.88. The molecule has 1 aromatic heterocycles. The molecule has 0 saturated carbocycles. The number of sulfone groups is 1. The van der Waals surface area contributed by atoms with Crippen LogP contribution < -0.4 is 5.73 Å². The van der Waals surface area contributed by atoms with Gasteiger partial charge in [-0.15, -0.1) is 0 Å². The average molecular weight is 245 g/mol. The monoisotopic (exact) mass is 245 g/mol. The summed E-state index contributed by atoms with van der Waals surface area (Å²) in [5.74, 6) is 0.930. The van der Waals surface area contributed by atoms with E-state index in [4.69, 9.17) is 10.3 Å². The van der Waals surface area contributed by atoms with Gasteiger partial charge in [0.2, 0.25) is 5.89 Å². The molecule has 7 heteroatoms. The third kappa shape index (κ3) is 2.25. The normalized spacial score (nSPS) is 24.4. The fourth-order valence-electron chi connectivity index (χ4n) is 1.87. The second kappa shape index (κ2) is 4.50. The molecule has 2 N–H and O–H groups in total. The van der Waals surface area contributed by atoms with Crippen molar-refractivity contribution in [3.63, 3.8) is 0 Å². The summed E-state index contributed by atoms with van der Waals surface area (Å²) >= 11 is 0. The Kier molecular flexibility index (Phi) is 3.25. The Labute approximate surface area is 94.1 Å². The Morgan fingerprint density at radius 1 is 1.44 bits per heavy atom. The molecule has 1 atom stereocenters. The van der Waals surface area contributed by atoms with Gasteiger partial charge >= 0.3 is 0 Å². The van der Waals surface area contributed by atoms with Crippen LogP contribution in [0.3, 0.4) is 0 Å². The number of nitrogens with zero attached hydrogens (tertiary/aromatic N) is 2. The minimum Gasteiger partial charge on any atom is -0.339 e. The van der Waals surface area contributed by atoms with E-state index in [2.05, 4.69) is 10.1 Å². The lowest BCUT2D eigenvalue weighted by Gasteiger charge is -2.18. The van der Waals surface area contributed by atoms with Crippen molar-refractivity contribution in [3.8, 4) is 0 Å². The van der Waals surface area contributed by atoms with Crippen LogP contribution in [0, 0.1) is 0 Å². The van der Waals surface area contributed by atoms with Crippen LogP contribution in [-0.2, 0) is 16.3 Å². The molecule has 1 aliphatic rings. The Bertz CT molecular complexity index is 454. The van der Waals surface area contributed by atoms with Gasteiger partial charge < -0.3 is 10.3 Å². The van der Waals surface area contributed by atoms with Gasteiger partial charge in [-0.2, -0.15) is 4.98 Å². The maximum absolute atomic E-state index is 11.8. The molecule has 0 bridgehead atoms. The molecule has 1 aromatic rings. The predicted molar refractivity (Wildman–Crippen MR) is 57.4 cm³/mol. The predicted octanol–water partition coefficient (Wildman–Crippen LogP) is 0.211. The molecule has 1 aliphatic heterocycles. The lowest BCUT2D eigenvalue weighted by atomic mass is 10.2. The summed E-state index contributed by atoms with van der Waals surface area (Å²) in [5.41, 5.74) is 5.36. The van der Waals surface area contributed by atoms with Crippen LogP contribution >= 0.6 is 0 Å². The van der Waals surface area contributed by atoms with Gasteiger partial charge in [0.25, 0.3) is 0 Å². The Balaban J connectivity index is 2.22. The molecule has 0 amide bonds. The van der Waals surface area contributed by atoms with Crippen LogP contribution in [-0.4, -0.2) is 30.9 Å². The molecule has 16 heavy (non-hydrogen) atoms. The van der Waals surface area contributed by atoms with Gasteiger partial charge in [0.15, 0.2) is 15.7 Å². The summed E-state index contributed by atoms with van der Waals surface area (Å²) in [6.07, 6.45) is 2.70. The number of rotatable bonds is 3. The summed E-state index contributed by atoms with van der Waals surface area (Å²) in [6.45, 7) is 0.416. The number of hydrogen-bond donors (Lipinski definition) is 1. The molecule has 1 fully saturated rings. The molecule has 0 spiro atoms. The number of hydrogen-bond acceptors (Lipinski definition) is 6. The zero-order valence-corrected chi connectivity index (χ0v) is 9.74. The molecule has 1 saturated heterocycles. The smallest absolute Gasteiger partial charge is 0.227 e. The summed E-state index contributed by atoms with van der Waals surface area (Å²) in [5, 5.41) is 3.15. The number of aromatic nitrogens is 2. The Morgan fingerprint density at radius 3 is 2.94 bits per heavy atom. The number of nitrogens with two attached hydrogens (primary N) is 1. The highest BCUT2D eigenvalue weighted by Crippen LogP contribution is 2.31. The fourth-order valence-corrected chi connectivity index (χ4v) is 3.70. The van der Waals surface area contributed by atoms with Gasteiger partial charge in [0.1, 0.15) is 5.25 Å². The first kappa shape index (κ1) is 11.5. The fraction of sp³-hybridized carbons (Fsp3) is 0.778. The van der Waals surface area contributed by atoms with Crippen LogP contribution in [0.2, 0.25) is 0 Å². The van der Waals surface area contributed by atoms with Crippen molar-refractivity contribution in [2.24, 2.45) is 5.73 Å². The van der Waals surface area contributed by atoms with Crippen LogP contribution in [0.15, 0.2) is 4.52 Å². The molecule has 0 radical (unpaired) electrons. The Hall–Kier alpha value is -0.950. The van der Waals surface area contributed by atoms with Crippen molar-refractivity contribution in [2.45, 2.75) is 30.9 Å². The van der Waals surface area contributed by atoms with Gasteiger partial charge in [0, 0.05) is 13.0 Å². The first-order valence-corrected chi connectivity index (χ1v) is 7.09. The van der Waals surface area contributed by atoms with Crippen molar-refractivity contribution in [2.75, 3.05) is 12.3 Å². The van der Waals surface area contributed by atoms with Gasteiger partial charge in [0.05, 0.1) is 5.75 Å². The zero-order chi connectivity index (χ0) is 11.6. The van der Waals surface area contributed by atoms with E-state index in [1.54, 1.807) is 0 Å². The first-order chi connectivity index (χ1) is 7.63. The lowest BCUT2D eigenvalue weighted by molar-refractivity contribution is 0.372. The van der Waals surface area contributed by atoms with Crippen LogP contribution in [0.5, 0.6) is 0 Å². The van der Waals surface area contributed by atoms with E-state index < -0.39 is 15.1 Å². The highest BCUT2D eigenvalue weighted by atomic mass is 32.2. The second-order valence-electron chi connectivity index (χ2n) is 3.94.